The maximum Gasteiger partial charge on any atom is 0.341 e. The number of likely N-dealkylation sites (tertiary alicyclic amines) is 1. The van der Waals surface area contributed by atoms with Crippen molar-refractivity contribution in [3.63, 3.8) is 0 Å². The number of hydrogen-bond donors (Lipinski definition) is 1. The van der Waals surface area contributed by atoms with Crippen LogP contribution in [0, 0.1) is 5.92 Å². The Morgan fingerprint density at radius 1 is 1.17 bits per heavy atom. The molecule has 8 nitrogen and oxygen atoms in total. The molecule has 0 atom stereocenters. The zero-order valence-corrected chi connectivity index (χ0v) is 20.7. The third kappa shape index (κ3) is 5.31. The Kier molecular flexibility index (Phi) is 7.24. The first kappa shape index (κ1) is 23.7. The number of fused-ring (bicyclic) bond motifs is 1. The fraction of sp³-hybridized carbons (Fsp3) is 0.462. The maximum absolute atomic E-state index is 13.1. The van der Waals surface area contributed by atoms with Crippen molar-refractivity contribution in [3.05, 3.63) is 52.2 Å². The van der Waals surface area contributed by atoms with Gasteiger partial charge in [-0.2, -0.15) is 4.98 Å². The number of carbonyl (C=O) groups excluding carboxylic acids is 2. The smallest absolute Gasteiger partial charge is 0.341 e. The molecule has 0 saturated carbocycles. The number of aryl methyl sites for hydroxylation is 1. The van der Waals surface area contributed by atoms with Gasteiger partial charge in [-0.1, -0.05) is 35.5 Å². The number of aromatic nitrogens is 2. The number of benzene rings is 1. The molecule has 2 aliphatic rings. The van der Waals surface area contributed by atoms with E-state index in [1.54, 1.807) is 18.3 Å². The molecule has 1 aliphatic heterocycles. The third-order valence-electron chi connectivity index (χ3n) is 6.70. The minimum Gasteiger partial charge on any atom is -0.462 e. The Labute approximate surface area is 208 Å². The number of amides is 1. The topological polar surface area (TPSA) is 97.6 Å². The van der Waals surface area contributed by atoms with E-state index in [-0.39, 0.29) is 17.8 Å². The summed E-state index contributed by atoms with van der Waals surface area (Å²) in [5.74, 6) is 0.730. The van der Waals surface area contributed by atoms with Crippen LogP contribution >= 0.6 is 11.3 Å². The average Bonchev–Trinajstić information content (AvgIpc) is 3.49. The fourth-order valence-corrected chi connectivity index (χ4v) is 6.14. The van der Waals surface area contributed by atoms with Gasteiger partial charge in [0.25, 0.3) is 0 Å². The van der Waals surface area contributed by atoms with Crippen molar-refractivity contribution in [1.29, 1.82) is 0 Å². The number of hydrogen-bond acceptors (Lipinski definition) is 8. The van der Waals surface area contributed by atoms with Crippen molar-refractivity contribution in [3.8, 4) is 11.4 Å². The summed E-state index contributed by atoms with van der Waals surface area (Å²) in [6.07, 6.45) is 5.50. The van der Waals surface area contributed by atoms with Crippen LogP contribution in [0.25, 0.3) is 11.4 Å². The molecule has 1 N–H and O–H groups in total. The van der Waals surface area contributed by atoms with E-state index in [4.69, 9.17) is 9.26 Å². The second-order valence-corrected chi connectivity index (χ2v) is 10.2. The lowest BCUT2D eigenvalue weighted by atomic mass is 9.94. The molecule has 1 aliphatic carbocycles. The van der Waals surface area contributed by atoms with Gasteiger partial charge in [0.1, 0.15) is 5.00 Å². The van der Waals surface area contributed by atoms with Gasteiger partial charge in [-0.3, -0.25) is 9.69 Å². The molecular formula is C26H30N4O4S. The number of rotatable bonds is 7. The molecule has 5 rings (SSSR count). The summed E-state index contributed by atoms with van der Waals surface area (Å²) in [6, 6.07) is 9.76. The normalized spacial score (nSPS) is 16.6. The van der Waals surface area contributed by atoms with Crippen LogP contribution in [0.3, 0.4) is 0 Å². The molecule has 9 heteroatoms. The molecule has 35 heavy (non-hydrogen) atoms. The van der Waals surface area contributed by atoms with Gasteiger partial charge in [0.2, 0.25) is 17.6 Å². The van der Waals surface area contributed by atoms with Crippen LogP contribution in [0.5, 0.6) is 0 Å². The minimum absolute atomic E-state index is 0.0158. The molecule has 0 radical (unpaired) electrons. The van der Waals surface area contributed by atoms with Crippen LogP contribution in [-0.4, -0.2) is 46.6 Å². The van der Waals surface area contributed by atoms with Gasteiger partial charge in [0.05, 0.1) is 18.7 Å². The maximum atomic E-state index is 13.1. The zero-order valence-electron chi connectivity index (χ0n) is 19.9. The van der Waals surface area contributed by atoms with Gasteiger partial charge >= 0.3 is 5.97 Å². The summed E-state index contributed by atoms with van der Waals surface area (Å²) < 4.78 is 10.8. The van der Waals surface area contributed by atoms with E-state index < -0.39 is 0 Å². The minimum atomic E-state index is -0.327. The summed E-state index contributed by atoms with van der Waals surface area (Å²) in [6.45, 7) is 4.24. The predicted molar refractivity (Wildman–Crippen MR) is 133 cm³/mol. The first-order valence-corrected chi connectivity index (χ1v) is 13.2. The summed E-state index contributed by atoms with van der Waals surface area (Å²) >= 11 is 1.54. The van der Waals surface area contributed by atoms with E-state index in [0.29, 0.717) is 35.4 Å². The highest BCUT2D eigenvalue weighted by molar-refractivity contribution is 7.17. The van der Waals surface area contributed by atoms with Gasteiger partial charge in [-0.25, -0.2) is 4.79 Å². The highest BCUT2D eigenvalue weighted by Crippen LogP contribution is 2.39. The van der Waals surface area contributed by atoms with Crippen molar-refractivity contribution in [2.45, 2.75) is 52.0 Å². The Bertz CT molecular complexity index is 1180. The molecule has 2 aromatic heterocycles. The number of ether oxygens (including phenoxy) is 1. The summed E-state index contributed by atoms with van der Waals surface area (Å²) in [4.78, 5) is 33.8. The van der Waals surface area contributed by atoms with Crippen LogP contribution in [0.2, 0.25) is 0 Å². The molecule has 1 saturated heterocycles. The van der Waals surface area contributed by atoms with Gasteiger partial charge in [-0.15, -0.1) is 11.3 Å². The number of piperidine rings is 1. The van der Waals surface area contributed by atoms with Crippen LogP contribution in [-0.2, 0) is 28.9 Å². The van der Waals surface area contributed by atoms with Crippen molar-refractivity contribution < 1.29 is 18.8 Å². The number of thiophene rings is 1. The number of nitrogens with zero attached hydrogens (tertiary/aromatic N) is 3. The standard InChI is InChI=1S/C26H30N4O4S/c1-2-33-26(32)22-19-10-6-7-11-20(19)35-25(22)28-24(31)18-12-14-30(15-13-18)16-21-27-23(29-34-21)17-8-4-3-5-9-17/h3-5,8-9,18H,2,6-7,10-16H2,1H3,(H,28,31). The highest BCUT2D eigenvalue weighted by Gasteiger charge is 2.30. The first-order valence-electron chi connectivity index (χ1n) is 12.3. The Hall–Kier alpha value is -3.04. The van der Waals surface area contributed by atoms with Gasteiger partial charge in [0, 0.05) is 16.4 Å². The third-order valence-corrected chi connectivity index (χ3v) is 7.91. The van der Waals surface area contributed by atoms with E-state index in [9.17, 15) is 9.59 Å². The van der Waals surface area contributed by atoms with Crippen LogP contribution < -0.4 is 5.32 Å². The highest BCUT2D eigenvalue weighted by atomic mass is 32.1. The summed E-state index contributed by atoms with van der Waals surface area (Å²) in [7, 11) is 0. The number of nitrogens with one attached hydrogen (secondary N) is 1. The molecule has 3 heterocycles. The van der Waals surface area contributed by atoms with E-state index >= 15 is 0 Å². The van der Waals surface area contributed by atoms with E-state index in [1.165, 1.54) is 4.88 Å². The second kappa shape index (κ2) is 10.7. The molecule has 0 spiro atoms. The average molecular weight is 495 g/mol. The second-order valence-electron chi connectivity index (χ2n) is 9.05. The first-order chi connectivity index (χ1) is 17.1. The number of esters is 1. The molecule has 0 bridgehead atoms. The van der Waals surface area contributed by atoms with Crippen LogP contribution in [0.4, 0.5) is 5.00 Å². The quantitative estimate of drug-likeness (QED) is 0.475. The lowest BCUT2D eigenvalue weighted by molar-refractivity contribution is -0.121. The monoisotopic (exact) mass is 494 g/mol. The molecule has 3 aromatic rings. The van der Waals surface area contributed by atoms with Gasteiger partial charge in [-0.05, 0) is 64.1 Å². The van der Waals surface area contributed by atoms with E-state index in [0.717, 1.165) is 62.7 Å². The largest absolute Gasteiger partial charge is 0.462 e. The fourth-order valence-electron chi connectivity index (χ4n) is 4.86. The lowest BCUT2D eigenvalue weighted by Gasteiger charge is -2.30. The molecule has 184 valence electrons. The van der Waals surface area contributed by atoms with Gasteiger partial charge in [0.15, 0.2) is 0 Å². The van der Waals surface area contributed by atoms with Crippen LogP contribution in [0.15, 0.2) is 34.9 Å². The Morgan fingerprint density at radius 2 is 1.94 bits per heavy atom. The predicted octanol–water partition coefficient (Wildman–Crippen LogP) is 4.70. The zero-order chi connectivity index (χ0) is 24.2. The van der Waals surface area contributed by atoms with Crippen molar-refractivity contribution in [1.82, 2.24) is 15.0 Å². The molecule has 1 fully saturated rings. The van der Waals surface area contributed by atoms with Crippen molar-refractivity contribution in [2.24, 2.45) is 5.92 Å². The molecule has 1 amide bonds. The number of carbonyl (C=O) groups is 2. The SMILES string of the molecule is CCOC(=O)c1c(NC(=O)C2CCN(Cc3nc(-c4ccccc4)no3)CC2)sc2c1CCCC2. The molecular weight excluding hydrogens is 464 g/mol. The lowest BCUT2D eigenvalue weighted by Crippen LogP contribution is -2.37. The van der Waals surface area contributed by atoms with Crippen molar-refractivity contribution in [2.75, 3.05) is 25.0 Å². The van der Waals surface area contributed by atoms with E-state index in [1.807, 2.05) is 30.3 Å². The van der Waals surface area contributed by atoms with E-state index in [2.05, 4.69) is 20.4 Å². The number of anilines is 1. The van der Waals surface area contributed by atoms with Crippen molar-refractivity contribution >= 4 is 28.2 Å². The Balaban J connectivity index is 1.18. The van der Waals surface area contributed by atoms with Crippen LogP contribution in [0.1, 0.15) is 59.3 Å². The Morgan fingerprint density at radius 3 is 2.71 bits per heavy atom. The summed E-state index contributed by atoms with van der Waals surface area (Å²) in [5.41, 5.74) is 2.57. The van der Waals surface area contributed by atoms with Gasteiger partial charge < -0.3 is 14.6 Å². The summed E-state index contributed by atoms with van der Waals surface area (Å²) in [5, 5.41) is 7.83. The molecule has 0 unspecified atom stereocenters. The molecule has 1 aromatic carbocycles.